The molecule has 0 aliphatic rings. The zero-order chi connectivity index (χ0) is 14.8. The molecule has 1 aromatic heterocycles. The van der Waals surface area contributed by atoms with Gasteiger partial charge in [0.15, 0.2) is 0 Å². The van der Waals surface area contributed by atoms with Crippen LogP contribution in [0.1, 0.15) is 5.56 Å². The molecule has 0 amide bonds. The van der Waals surface area contributed by atoms with Gasteiger partial charge < -0.3 is 0 Å². The minimum absolute atomic E-state index is 0.311. The van der Waals surface area contributed by atoms with Crippen LogP contribution in [0.3, 0.4) is 0 Å². The molecular weight excluding hydrogens is 402 g/mol. The molecule has 21 heavy (non-hydrogen) atoms. The molecule has 0 N–H and O–H groups in total. The molecule has 3 aromatic rings. The summed E-state index contributed by atoms with van der Waals surface area (Å²) in [5, 5.41) is 4.69. The van der Waals surface area contributed by atoms with Crippen molar-refractivity contribution in [1.82, 2.24) is 9.78 Å². The minimum Gasteiger partial charge on any atom is -0.268 e. The van der Waals surface area contributed by atoms with Crippen molar-refractivity contribution < 1.29 is 4.39 Å². The van der Waals surface area contributed by atoms with Crippen LogP contribution < -0.4 is 0 Å². The third-order valence-electron chi connectivity index (χ3n) is 3.16. The van der Waals surface area contributed by atoms with Gasteiger partial charge in [0, 0.05) is 25.9 Å². The van der Waals surface area contributed by atoms with Gasteiger partial charge in [0.1, 0.15) is 5.82 Å². The first-order valence-corrected chi connectivity index (χ1v) is 7.80. The summed E-state index contributed by atoms with van der Waals surface area (Å²) >= 11 is 8.02. The zero-order valence-corrected chi connectivity index (χ0v) is 13.8. The molecule has 0 radical (unpaired) electrons. The monoisotopic (exact) mass is 412 g/mol. The second-order valence-electron chi connectivity index (χ2n) is 4.67. The van der Waals surface area contributed by atoms with Crippen molar-refractivity contribution in [3.05, 3.63) is 74.8 Å². The summed E-state index contributed by atoms with van der Waals surface area (Å²) in [7, 11) is 0. The van der Waals surface area contributed by atoms with Gasteiger partial charge in [-0.15, -0.1) is 0 Å². The lowest BCUT2D eigenvalue weighted by molar-refractivity contribution is 0.585. The molecule has 0 fully saturated rings. The Labute approximate surface area is 140 Å². The highest BCUT2D eigenvalue weighted by molar-refractivity contribution is 14.1. The van der Waals surface area contributed by atoms with Crippen molar-refractivity contribution in [2.45, 2.75) is 6.54 Å². The Morgan fingerprint density at radius 1 is 1.10 bits per heavy atom. The molecule has 5 heteroatoms. The van der Waals surface area contributed by atoms with Crippen molar-refractivity contribution in [3.8, 4) is 11.1 Å². The van der Waals surface area contributed by atoms with E-state index in [1.165, 1.54) is 9.64 Å². The molecular formula is C16H11ClFIN2. The Bertz CT molecular complexity index is 768. The minimum atomic E-state index is -0.311. The van der Waals surface area contributed by atoms with Crippen molar-refractivity contribution in [2.24, 2.45) is 0 Å². The fourth-order valence-electron chi connectivity index (χ4n) is 2.07. The summed E-state index contributed by atoms with van der Waals surface area (Å²) in [5.74, 6) is -0.311. The summed E-state index contributed by atoms with van der Waals surface area (Å²) in [6.45, 7) is 0.382. The van der Waals surface area contributed by atoms with Gasteiger partial charge in [0.25, 0.3) is 0 Å². The number of halogens is 3. The van der Waals surface area contributed by atoms with E-state index in [4.69, 9.17) is 11.6 Å². The van der Waals surface area contributed by atoms with E-state index in [1.807, 2.05) is 30.5 Å². The van der Waals surface area contributed by atoms with E-state index in [-0.39, 0.29) is 5.82 Å². The fraction of sp³-hybridized carbons (Fsp3) is 0.0625. The Kier molecular flexibility index (Phi) is 4.26. The third-order valence-corrected chi connectivity index (χ3v) is 4.11. The zero-order valence-electron chi connectivity index (χ0n) is 10.9. The van der Waals surface area contributed by atoms with Gasteiger partial charge in [-0.1, -0.05) is 29.8 Å². The van der Waals surface area contributed by atoms with Crippen LogP contribution in [0, 0.1) is 9.39 Å². The second kappa shape index (κ2) is 6.15. The molecule has 0 bridgehead atoms. The van der Waals surface area contributed by atoms with Crippen molar-refractivity contribution in [3.63, 3.8) is 0 Å². The maximum atomic E-state index is 13.8. The number of aromatic nitrogens is 2. The van der Waals surface area contributed by atoms with Crippen LogP contribution in [0.25, 0.3) is 11.1 Å². The van der Waals surface area contributed by atoms with Crippen LogP contribution >= 0.6 is 34.2 Å². The Morgan fingerprint density at radius 3 is 2.57 bits per heavy atom. The lowest BCUT2D eigenvalue weighted by Crippen LogP contribution is -2.02. The molecule has 2 nitrogen and oxygen atoms in total. The second-order valence-corrected chi connectivity index (χ2v) is 6.35. The van der Waals surface area contributed by atoms with Gasteiger partial charge in [-0.25, -0.2) is 4.39 Å². The maximum Gasteiger partial charge on any atom is 0.129 e. The van der Waals surface area contributed by atoms with E-state index in [0.29, 0.717) is 17.1 Å². The molecule has 3 rings (SSSR count). The Morgan fingerprint density at radius 2 is 1.86 bits per heavy atom. The number of nitrogens with zero attached hydrogens (tertiary/aromatic N) is 2. The average molecular weight is 413 g/mol. The van der Waals surface area contributed by atoms with Crippen molar-refractivity contribution in [1.29, 1.82) is 0 Å². The normalized spacial score (nSPS) is 10.8. The highest BCUT2D eigenvalue weighted by Crippen LogP contribution is 2.21. The lowest BCUT2D eigenvalue weighted by atomic mass is 10.1. The van der Waals surface area contributed by atoms with Crippen LogP contribution in [-0.2, 0) is 6.54 Å². The summed E-state index contributed by atoms with van der Waals surface area (Å²) in [6, 6.07) is 12.9. The highest BCUT2D eigenvalue weighted by Gasteiger charge is 2.06. The van der Waals surface area contributed by atoms with Crippen LogP contribution in [0.4, 0.5) is 4.39 Å². The van der Waals surface area contributed by atoms with E-state index >= 15 is 0 Å². The fourth-order valence-corrected chi connectivity index (χ4v) is 2.58. The maximum absolute atomic E-state index is 13.8. The molecule has 1 heterocycles. The quantitative estimate of drug-likeness (QED) is 0.554. The summed E-state index contributed by atoms with van der Waals surface area (Å²) in [4.78, 5) is 0. The summed E-state index contributed by atoms with van der Waals surface area (Å²) < 4.78 is 16.7. The first-order chi connectivity index (χ1) is 10.1. The summed E-state index contributed by atoms with van der Waals surface area (Å²) in [6.07, 6.45) is 3.70. The molecule has 106 valence electrons. The molecule has 0 spiro atoms. The SMILES string of the molecule is Fc1cc(Cl)ccc1Cn1cc(-c2ccc(I)cc2)cn1. The van der Waals surface area contributed by atoms with E-state index < -0.39 is 0 Å². The predicted molar refractivity (Wildman–Crippen MR) is 90.9 cm³/mol. The summed E-state index contributed by atoms with van der Waals surface area (Å²) in [5.41, 5.74) is 2.68. The first kappa shape index (κ1) is 14.5. The molecule has 0 saturated heterocycles. The first-order valence-electron chi connectivity index (χ1n) is 6.34. The standard InChI is InChI=1S/C16H11ClFIN2/c17-14-4-1-12(16(18)7-14)9-21-10-13(8-20-21)11-2-5-15(19)6-3-11/h1-8,10H,9H2. The van der Waals surface area contributed by atoms with E-state index in [9.17, 15) is 4.39 Å². The molecule has 0 atom stereocenters. The molecule has 0 unspecified atom stereocenters. The highest BCUT2D eigenvalue weighted by atomic mass is 127. The number of benzene rings is 2. The van der Waals surface area contributed by atoms with Crippen LogP contribution in [-0.4, -0.2) is 9.78 Å². The molecule has 2 aromatic carbocycles. The van der Waals surface area contributed by atoms with E-state index in [2.05, 4.69) is 27.7 Å². The number of hydrogen-bond donors (Lipinski definition) is 0. The van der Waals surface area contributed by atoms with Gasteiger partial charge in [0.05, 0.1) is 12.7 Å². The van der Waals surface area contributed by atoms with Gasteiger partial charge in [0.2, 0.25) is 0 Å². The predicted octanol–water partition coefficient (Wildman–Crippen LogP) is 5.00. The van der Waals surface area contributed by atoms with Crippen LogP contribution in [0.5, 0.6) is 0 Å². The van der Waals surface area contributed by atoms with Gasteiger partial charge in [-0.2, -0.15) is 5.10 Å². The Hall–Kier alpha value is -1.40. The van der Waals surface area contributed by atoms with Crippen molar-refractivity contribution in [2.75, 3.05) is 0 Å². The van der Waals surface area contributed by atoms with Gasteiger partial charge in [-0.3, -0.25) is 4.68 Å². The van der Waals surface area contributed by atoms with Crippen LogP contribution in [0.2, 0.25) is 5.02 Å². The number of rotatable bonds is 3. The van der Waals surface area contributed by atoms with Gasteiger partial charge in [-0.05, 0) is 52.4 Å². The van der Waals surface area contributed by atoms with Crippen molar-refractivity contribution >= 4 is 34.2 Å². The number of hydrogen-bond acceptors (Lipinski definition) is 1. The van der Waals surface area contributed by atoms with E-state index in [1.54, 1.807) is 23.0 Å². The third kappa shape index (κ3) is 3.44. The Balaban J connectivity index is 1.83. The lowest BCUT2D eigenvalue weighted by Gasteiger charge is -2.04. The van der Waals surface area contributed by atoms with Crippen LogP contribution in [0.15, 0.2) is 54.9 Å². The average Bonchev–Trinajstić information content (AvgIpc) is 2.91. The van der Waals surface area contributed by atoms with E-state index in [0.717, 1.165) is 11.1 Å². The largest absolute Gasteiger partial charge is 0.268 e. The molecule has 0 saturated carbocycles. The topological polar surface area (TPSA) is 17.8 Å². The smallest absolute Gasteiger partial charge is 0.129 e. The van der Waals surface area contributed by atoms with Gasteiger partial charge >= 0.3 is 0 Å². The molecule has 0 aliphatic carbocycles. The molecule has 0 aliphatic heterocycles.